The monoisotopic (exact) mass is 330 g/mol. The van der Waals surface area contributed by atoms with Gasteiger partial charge in [0.05, 0.1) is 0 Å². The topological polar surface area (TPSA) is 49.8 Å². The first-order valence-electron chi connectivity index (χ1n) is 8.75. The molecular weight excluding hydrogens is 308 g/mol. The standard InChI is InChI=1S/C21H22N4/c1-15-22-12-10-21(25-15)24-14-20-19-8-7-17(13-18(19)9-11-23-20)16-5-3-2-4-6-16/h2-8,10,12-13,20,23H,9,11,14H2,1H3,(H,22,24,25)/t20-/m1/s1. The molecule has 4 rings (SSSR count). The molecule has 0 radical (unpaired) electrons. The molecule has 0 aliphatic carbocycles. The summed E-state index contributed by atoms with van der Waals surface area (Å²) in [4.78, 5) is 8.56. The summed E-state index contributed by atoms with van der Waals surface area (Å²) >= 11 is 0. The van der Waals surface area contributed by atoms with Crippen molar-refractivity contribution >= 4 is 5.82 Å². The molecule has 3 aromatic rings. The summed E-state index contributed by atoms with van der Waals surface area (Å²) in [6.07, 6.45) is 2.86. The number of aryl methyl sites for hydroxylation is 1. The lowest BCUT2D eigenvalue weighted by Crippen LogP contribution is -2.34. The Morgan fingerprint density at radius 3 is 2.80 bits per heavy atom. The van der Waals surface area contributed by atoms with Crippen LogP contribution in [0, 0.1) is 6.92 Å². The molecule has 0 amide bonds. The Morgan fingerprint density at radius 2 is 1.96 bits per heavy atom. The van der Waals surface area contributed by atoms with Gasteiger partial charge in [-0.3, -0.25) is 0 Å². The predicted octanol–water partition coefficient (Wildman–Crippen LogP) is 3.75. The molecule has 0 spiro atoms. The molecule has 1 aliphatic rings. The van der Waals surface area contributed by atoms with Crippen LogP contribution in [0.4, 0.5) is 5.82 Å². The number of hydrogen-bond acceptors (Lipinski definition) is 4. The number of benzene rings is 2. The minimum absolute atomic E-state index is 0.295. The van der Waals surface area contributed by atoms with Crippen molar-refractivity contribution < 1.29 is 0 Å². The number of nitrogens with one attached hydrogen (secondary N) is 2. The van der Waals surface area contributed by atoms with Crippen molar-refractivity contribution in [2.45, 2.75) is 19.4 Å². The van der Waals surface area contributed by atoms with E-state index in [9.17, 15) is 0 Å². The summed E-state index contributed by atoms with van der Waals surface area (Å²) in [5, 5.41) is 7.04. The molecule has 4 heteroatoms. The molecule has 0 bridgehead atoms. The summed E-state index contributed by atoms with van der Waals surface area (Å²) in [6.45, 7) is 3.72. The summed E-state index contributed by atoms with van der Waals surface area (Å²) in [7, 11) is 0. The van der Waals surface area contributed by atoms with Crippen LogP contribution >= 0.6 is 0 Å². The number of aromatic nitrogens is 2. The van der Waals surface area contributed by atoms with Gasteiger partial charge in [-0.05, 0) is 48.2 Å². The van der Waals surface area contributed by atoms with Crippen molar-refractivity contribution in [3.8, 4) is 11.1 Å². The lowest BCUT2D eigenvalue weighted by molar-refractivity contribution is 0.523. The van der Waals surface area contributed by atoms with Gasteiger partial charge in [-0.15, -0.1) is 0 Å². The van der Waals surface area contributed by atoms with E-state index < -0.39 is 0 Å². The van der Waals surface area contributed by atoms with E-state index in [1.54, 1.807) is 6.20 Å². The molecule has 0 saturated heterocycles. The van der Waals surface area contributed by atoms with Gasteiger partial charge in [0.15, 0.2) is 0 Å². The third-order valence-electron chi connectivity index (χ3n) is 4.67. The van der Waals surface area contributed by atoms with Gasteiger partial charge in [-0.25, -0.2) is 9.97 Å². The molecule has 126 valence electrons. The zero-order valence-corrected chi connectivity index (χ0v) is 14.4. The van der Waals surface area contributed by atoms with Gasteiger partial charge in [-0.1, -0.05) is 48.5 Å². The average Bonchev–Trinajstić information content (AvgIpc) is 2.66. The summed E-state index contributed by atoms with van der Waals surface area (Å²) in [6, 6.07) is 19.6. The summed E-state index contributed by atoms with van der Waals surface area (Å²) in [5.41, 5.74) is 5.38. The van der Waals surface area contributed by atoms with Gasteiger partial charge in [0.1, 0.15) is 11.6 Å². The Morgan fingerprint density at radius 1 is 1.08 bits per heavy atom. The predicted molar refractivity (Wildman–Crippen MR) is 102 cm³/mol. The van der Waals surface area contributed by atoms with Crippen LogP contribution < -0.4 is 10.6 Å². The van der Waals surface area contributed by atoms with Gasteiger partial charge < -0.3 is 10.6 Å². The SMILES string of the molecule is Cc1nccc(NC[C@H]2NCCc3cc(-c4ccccc4)ccc32)n1. The number of nitrogens with zero attached hydrogens (tertiary/aromatic N) is 2. The Bertz CT molecular complexity index is 861. The van der Waals surface area contributed by atoms with Crippen LogP contribution in [0.25, 0.3) is 11.1 Å². The number of fused-ring (bicyclic) bond motifs is 1. The lowest BCUT2D eigenvalue weighted by atomic mass is 9.91. The maximum absolute atomic E-state index is 4.42. The smallest absolute Gasteiger partial charge is 0.129 e. The first-order valence-corrected chi connectivity index (χ1v) is 8.75. The second-order valence-corrected chi connectivity index (χ2v) is 6.41. The molecule has 1 atom stereocenters. The quantitative estimate of drug-likeness (QED) is 0.765. The van der Waals surface area contributed by atoms with Gasteiger partial charge >= 0.3 is 0 Å². The highest BCUT2D eigenvalue weighted by Gasteiger charge is 2.20. The fraction of sp³-hybridized carbons (Fsp3) is 0.238. The highest BCUT2D eigenvalue weighted by molar-refractivity contribution is 5.65. The Labute approximate surface area is 148 Å². The zero-order valence-electron chi connectivity index (χ0n) is 14.4. The fourth-order valence-corrected chi connectivity index (χ4v) is 3.41. The average molecular weight is 330 g/mol. The van der Waals surface area contributed by atoms with Gasteiger partial charge in [-0.2, -0.15) is 0 Å². The summed E-state index contributed by atoms with van der Waals surface area (Å²) < 4.78 is 0. The van der Waals surface area contributed by atoms with Crippen LogP contribution in [0.3, 0.4) is 0 Å². The Kier molecular flexibility index (Phi) is 4.44. The lowest BCUT2D eigenvalue weighted by Gasteiger charge is -2.28. The van der Waals surface area contributed by atoms with Crippen molar-refractivity contribution in [2.75, 3.05) is 18.4 Å². The molecule has 2 heterocycles. The molecule has 4 nitrogen and oxygen atoms in total. The van der Waals surface area contributed by atoms with Crippen LogP contribution in [0.2, 0.25) is 0 Å². The van der Waals surface area contributed by atoms with Crippen LogP contribution in [-0.4, -0.2) is 23.1 Å². The molecule has 25 heavy (non-hydrogen) atoms. The van der Waals surface area contributed by atoms with Crippen molar-refractivity contribution in [3.05, 3.63) is 77.7 Å². The van der Waals surface area contributed by atoms with Gasteiger partial charge in [0, 0.05) is 18.8 Å². The van der Waals surface area contributed by atoms with Crippen molar-refractivity contribution in [2.24, 2.45) is 0 Å². The van der Waals surface area contributed by atoms with E-state index in [0.717, 1.165) is 31.2 Å². The van der Waals surface area contributed by atoms with E-state index in [2.05, 4.69) is 69.1 Å². The first kappa shape index (κ1) is 15.8. The fourth-order valence-electron chi connectivity index (χ4n) is 3.41. The third-order valence-corrected chi connectivity index (χ3v) is 4.67. The largest absolute Gasteiger partial charge is 0.368 e. The summed E-state index contributed by atoms with van der Waals surface area (Å²) in [5.74, 6) is 1.66. The van der Waals surface area contributed by atoms with E-state index in [-0.39, 0.29) is 0 Å². The molecule has 1 aromatic heterocycles. The van der Waals surface area contributed by atoms with E-state index in [1.165, 1.54) is 22.3 Å². The number of hydrogen-bond donors (Lipinski definition) is 2. The van der Waals surface area contributed by atoms with E-state index in [1.807, 2.05) is 13.0 Å². The molecule has 2 N–H and O–H groups in total. The highest BCUT2D eigenvalue weighted by atomic mass is 15.1. The second kappa shape index (κ2) is 7.03. The third kappa shape index (κ3) is 3.54. The molecular formula is C21H22N4. The highest BCUT2D eigenvalue weighted by Crippen LogP contribution is 2.28. The molecule has 0 saturated carbocycles. The Balaban J connectivity index is 1.54. The number of rotatable bonds is 4. The minimum Gasteiger partial charge on any atom is -0.368 e. The second-order valence-electron chi connectivity index (χ2n) is 6.41. The van der Waals surface area contributed by atoms with Crippen LogP contribution in [0.15, 0.2) is 60.8 Å². The normalized spacial score (nSPS) is 16.3. The molecule has 2 aromatic carbocycles. The zero-order chi connectivity index (χ0) is 17.1. The first-order chi connectivity index (χ1) is 12.3. The maximum Gasteiger partial charge on any atom is 0.129 e. The molecule has 0 fully saturated rings. The minimum atomic E-state index is 0.295. The van der Waals surface area contributed by atoms with Crippen molar-refractivity contribution in [3.63, 3.8) is 0 Å². The Hall–Kier alpha value is -2.72. The van der Waals surface area contributed by atoms with Crippen LogP contribution in [0.5, 0.6) is 0 Å². The van der Waals surface area contributed by atoms with Gasteiger partial charge in [0.2, 0.25) is 0 Å². The van der Waals surface area contributed by atoms with E-state index >= 15 is 0 Å². The van der Waals surface area contributed by atoms with Crippen LogP contribution in [0.1, 0.15) is 23.0 Å². The molecule has 0 unspecified atom stereocenters. The number of anilines is 1. The van der Waals surface area contributed by atoms with Crippen LogP contribution in [-0.2, 0) is 6.42 Å². The maximum atomic E-state index is 4.42. The molecule has 1 aliphatic heterocycles. The van der Waals surface area contributed by atoms with E-state index in [0.29, 0.717) is 6.04 Å². The van der Waals surface area contributed by atoms with Crippen molar-refractivity contribution in [1.29, 1.82) is 0 Å². The van der Waals surface area contributed by atoms with Gasteiger partial charge in [0.25, 0.3) is 0 Å². The van der Waals surface area contributed by atoms with Crippen molar-refractivity contribution in [1.82, 2.24) is 15.3 Å². The van der Waals surface area contributed by atoms with E-state index in [4.69, 9.17) is 0 Å².